The average Bonchev–Trinajstić information content (AvgIpc) is 2.73. The molecule has 3 rings (SSSR count). The quantitative estimate of drug-likeness (QED) is 0.451. The summed E-state index contributed by atoms with van der Waals surface area (Å²) in [6.07, 6.45) is 5.65. The second kappa shape index (κ2) is 9.89. The average molecular weight is 396 g/mol. The minimum absolute atomic E-state index is 0.0648. The molecule has 0 amide bonds. The summed E-state index contributed by atoms with van der Waals surface area (Å²) in [5.74, 6) is -3.99. The molecule has 0 aromatic carbocycles. The maximum atomic E-state index is 12.4. The first-order chi connectivity index (χ1) is 13.6. The zero-order valence-corrected chi connectivity index (χ0v) is 16.1. The zero-order chi connectivity index (χ0) is 19.9. The number of rotatable bonds is 0. The minimum Gasteiger partial charge on any atom is -0.462 e. The molecule has 4 atom stereocenters. The topological polar surface area (TPSA) is 105 Å². The summed E-state index contributed by atoms with van der Waals surface area (Å²) in [5.41, 5.74) is 0. The van der Waals surface area contributed by atoms with Crippen LogP contribution in [0.2, 0.25) is 0 Å². The van der Waals surface area contributed by atoms with Crippen LogP contribution in [0.5, 0.6) is 0 Å². The molecule has 1 saturated heterocycles. The molecule has 0 N–H and O–H groups in total. The number of hydrogen-bond acceptors (Lipinski definition) is 8. The Balaban J connectivity index is 1.68. The SMILES string of the molecule is O=C1OCCOC(=O)[C@@H]2CCCC[C@H]2C(=O)OCCOC(=O)[C@@H]2CCCC[C@H]12. The fourth-order valence-corrected chi connectivity index (χ4v) is 4.39. The lowest BCUT2D eigenvalue weighted by Gasteiger charge is -2.29. The summed E-state index contributed by atoms with van der Waals surface area (Å²) >= 11 is 0. The molecule has 0 bridgehead atoms. The summed E-state index contributed by atoms with van der Waals surface area (Å²) in [5, 5.41) is 0. The number of carbonyl (C=O) groups is 4. The summed E-state index contributed by atoms with van der Waals surface area (Å²) in [4.78, 5) is 49.6. The van der Waals surface area contributed by atoms with E-state index in [4.69, 9.17) is 18.9 Å². The van der Waals surface area contributed by atoms with Gasteiger partial charge >= 0.3 is 23.9 Å². The molecule has 0 radical (unpaired) electrons. The molecular formula is C20H28O8. The van der Waals surface area contributed by atoms with Gasteiger partial charge in [-0.15, -0.1) is 0 Å². The van der Waals surface area contributed by atoms with E-state index in [1.54, 1.807) is 0 Å². The fourth-order valence-electron chi connectivity index (χ4n) is 4.39. The Hall–Kier alpha value is -2.12. The zero-order valence-electron chi connectivity index (χ0n) is 16.1. The Morgan fingerprint density at radius 2 is 0.643 bits per heavy atom. The minimum atomic E-state index is -0.546. The normalized spacial score (nSPS) is 33.4. The third kappa shape index (κ3) is 5.02. The van der Waals surface area contributed by atoms with Gasteiger partial charge in [-0.05, 0) is 25.7 Å². The molecule has 8 heteroatoms. The lowest BCUT2D eigenvalue weighted by molar-refractivity contribution is -0.171. The molecule has 0 aromatic heterocycles. The van der Waals surface area contributed by atoms with E-state index in [-0.39, 0.29) is 26.4 Å². The van der Waals surface area contributed by atoms with Gasteiger partial charge in [0.05, 0.1) is 23.7 Å². The van der Waals surface area contributed by atoms with Crippen LogP contribution in [-0.2, 0) is 38.1 Å². The van der Waals surface area contributed by atoms with Crippen molar-refractivity contribution in [3.8, 4) is 0 Å². The van der Waals surface area contributed by atoms with E-state index in [0.29, 0.717) is 25.7 Å². The van der Waals surface area contributed by atoms with E-state index in [1.165, 1.54) is 0 Å². The number of hydrogen-bond donors (Lipinski definition) is 0. The maximum Gasteiger partial charge on any atom is 0.309 e. The summed E-state index contributed by atoms with van der Waals surface area (Å²) in [6.45, 7) is -0.259. The maximum absolute atomic E-state index is 12.4. The number of esters is 4. The lowest BCUT2D eigenvalue weighted by atomic mass is 9.79. The highest BCUT2D eigenvalue weighted by atomic mass is 16.6. The fraction of sp³-hybridized carbons (Fsp3) is 0.800. The van der Waals surface area contributed by atoms with Gasteiger partial charge in [0, 0.05) is 0 Å². The number of carbonyl (C=O) groups excluding carboxylic acids is 4. The highest BCUT2D eigenvalue weighted by Crippen LogP contribution is 2.33. The van der Waals surface area contributed by atoms with Gasteiger partial charge in [-0.1, -0.05) is 25.7 Å². The van der Waals surface area contributed by atoms with Gasteiger partial charge in [-0.3, -0.25) is 19.2 Å². The largest absolute Gasteiger partial charge is 0.462 e. The van der Waals surface area contributed by atoms with Crippen molar-refractivity contribution in [2.24, 2.45) is 23.7 Å². The predicted octanol–water partition coefficient (Wildman–Crippen LogP) is 1.79. The molecule has 28 heavy (non-hydrogen) atoms. The van der Waals surface area contributed by atoms with Gasteiger partial charge in [0.1, 0.15) is 26.4 Å². The molecule has 3 aliphatic rings. The third-order valence-corrected chi connectivity index (χ3v) is 5.89. The Morgan fingerprint density at radius 3 is 0.857 bits per heavy atom. The van der Waals surface area contributed by atoms with E-state index in [1.807, 2.05) is 0 Å². The molecule has 0 spiro atoms. The Bertz CT molecular complexity index is 497. The Labute approximate surface area is 164 Å². The van der Waals surface area contributed by atoms with Crippen LogP contribution in [0.1, 0.15) is 51.4 Å². The molecule has 0 aromatic rings. The van der Waals surface area contributed by atoms with E-state index in [0.717, 1.165) is 25.7 Å². The predicted molar refractivity (Wildman–Crippen MR) is 94.7 cm³/mol. The molecule has 156 valence electrons. The standard InChI is InChI=1S/C20H28O8/c21-17-13-5-1-2-6-14(13)18(22)26-11-12-28-20(24)16-8-4-3-7-15(16)19(23)27-10-9-25-17/h13-16H,1-12H2/t13-,14-,15-,16+/m1/s1. The molecule has 1 aliphatic heterocycles. The molecule has 0 unspecified atom stereocenters. The van der Waals surface area contributed by atoms with Crippen molar-refractivity contribution in [1.29, 1.82) is 0 Å². The smallest absolute Gasteiger partial charge is 0.309 e. The molecule has 2 saturated carbocycles. The van der Waals surface area contributed by atoms with Crippen LogP contribution < -0.4 is 0 Å². The lowest BCUT2D eigenvalue weighted by Crippen LogP contribution is -2.38. The summed E-state index contributed by atoms with van der Waals surface area (Å²) in [6, 6.07) is 0. The third-order valence-electron chi connectivity index (χ3n) is 5.89. The second-order valence-electron chi connectivity index (χ2n) is 7.66. The van der Waals surface area contributed by atoms with Gasteiger partial charge in [0.25, 0.3) is 0 Å². The van der Waals surface area contributed by atoms with Crippen LogP contribution in [-0.4, -0.2) is 50.3 Å². The second-order valence-corrected chi connectivity index (χ2v) is 7.66. The van der Waals surface area contributed by atoms with Gasteiger partial charge < -0.3 is 18.9 Å². The van der Waals surface area contributed by atoms with Gasteiger partial charge in [-0.25, -0.2) is 0 Å². The van der Waals surface area contributed by atoms with Gasteiger partial charge in [0.2, 0.25) is 0 Å². The first-order valence-electron chi connectivity index (χ1n) is 10.2. The van der Waals surface area contributed by atoms with Crippen molar-refractivity contribution in [2.75, 3.05) is 26.4 Å². The van der Waals surface area contributed by atoms with Crippen molar-refractivity contribution < 1.29 is 38.1 Å². The summed E-state index contributed by atoms with van der Waals surface area (Å²) in [7, 11) is 0. The summed E-state index contributed by atoms with van der Waals surface area (Å²) < 4.78 is 21.0. The Kier molecular flexibility index (Phi) is 7.28. The Morgan fingerprint density at radius 1 is 0.429 bits per heavy atom. The number of fused-ring (bicyclic) bond motifs is 2. The van der Waals surface area contributed by atoms with E-state index in [2.05, 4.69) is 0 Å². The van der Waals surface area contributed by atoms with E-state index in [9.17, 15) is 19.2 Å². The monoisotopic (exact) mass is 396 g/mol. The van der Waals surface area contributed by atoms with Crippen LogP contribution in [0.25, 0.3) is 0 Å². The van der Waals surface area contributed by atoms with Crippen LogP contribution in [0.3, 0.4) is 0 Å². The van der Waals surface area contributed by atoms with Crippen LogP contribution in [0, 0.1) is 23.7 Å². The molecular weight excluding hydrogens is 368 g/mol. The number of cyclic esters (lactones) is 4. The van der Waals surface area contributed by atoms with Crippen LogP contribution in [0.15, 0.2) is 0 Å². The van der Waals surface area contributed by atoms with Gasteiger partial charge in [0.15, 0.2) is 0 Å². The molecule has 8 nitrogen and oxygen atoms in total. The van der Waals surface area contributed by atoms with Gasteiger partial charge in [-0.2, -0.15) is 0 Å². The van der Waals surface area contributed by atoms with Crippen molar-refractivity contribution in [1.82, 2.24) is 0 Å². The molecule has 2 aliphatic carbocycles. The highest BCUT2D eigenvalue weighted by molar-refractivity contribution is 5.83. The van der Waals surface area contributed by atoms with Crippen molar-refractivity contribution >= 4 is 23.9 Å². The van der Waals surface area contributed by atoms with Crippen LogP contribution in [0.4, 0.5) is 0 Å². The molecule has 1 heterocycles. The van der Waals surface area contributed by atoms with Crippen molar-refractivity contribution in [2.45, 2.75) is 51.4 Å². The van der Waals surface area contributed by atoms with Crippen molar-refractivity contribution in [3.63, 3.8) is 0 Å². The van der Waals surface area contributed by atoms with Crippen LogP contribution >= 0.6 is 0 Å². The first-order valence-corrected chi connectivity index (χ1v) is 10.2. The molecule has 3 fully saturated rings. The highest BCUT2D eigenvalue weighted by Gasteiger charge is 2.39. The van der Waals surface area contributed by atoms with Crippen molar-refractivity contribution in [3.05, 3.63) is 0 Å². The first kappa shape index (κ1) is 20.6. The number of ether oxygens (including phenoxy) is 4. The van der Waals surface area contributed by atoms with E-state index >= 15 is 0 Å². The van der Waals surface area contributed by atoms with E-state index < -0.39 is 47.5 Å².